The monoisotopic (exact) mass is 2090 g/mol. The van der Waals surface area contributed by atoms with Crippen LogP contribution in [-0.4, -0.2) is 472 Å². The van der Waals surface area contributed by atoms with Crippen molar-refractivity contribution in [1.29, 1.82) is 0 Å². The molecule has 0 aliphatic carbocycles. The van der Waals surface area contributed by atoms with Gasteiger partial charge in [0.2, 0.25) is 23.6 Å². The van der Waals surface area contributed by atoms with Crippen LogP contribution in [0.3, 0.4) is 0 Å². The van der Waals surface area contributed by atoms with E-state index in [9.17, 15) is 43.8 Å². The summed E-state index contributed by atoms with van der Waals surface area (Å²) in [4.78, 5) is 108. The number of aliphatic hydroxyl groups is 20. The number of nitrogens with one attached hydrogen (secondary N) is 5. The Balaban J connectivity index is -0.000000300. The Hall–Kier alpha value is -10.7. The predicted molar refractivity (Wildman–Crippen MR) is 568 cm³/mol. The van der Waals surface area contributed by atoms with Gasteiger partial charge in [-0.2, -0.15) is 0 Å². The highest BCUT2D eigenvalue weighted by Gasteiger charge is 2.21. The SMILES string of the molecule is C=C(C)C(=O)N(CCO)CCO.C=C(C)C(=O)NC(CO)CO.C=C(C)C(=O)OCCCN(CCO)CCO.C=C(C)COOCCNC(=O)N(CCO)CCO.C=C(C)COOCCNC(=O)NC(CO)CO.C=CC(=O)N(CCO)CCO.C=CC(=O)NC(CO)CO.C=CCN(CC=C)C(CO)CO.C=Cc1ccc(CN(CCO)CCO)cc1.C=Cc1ccc(CN(Cc2ccc(C=C)cc2)C(CO)CO)cc1. The van der Waals surface area contributed by atoms with Gasteiger partial charge in [0.25, 0.3) is 0 Å². The number of benzene rings is 3. The number of nitrogens with zero attached hydrogens (tertiary/aromatic N) is 7. The highest BCUT2D eigenvalue weighted by molar-refractivity contribution is 5.93. The van der Waals surface area contributed by atoms with E-state index >= 15 is 0 Å². The lowest BCUT2D eigenvalue weighted by atomic mass is 10.1. The molecule has 0 saturated carbocycles. The van der Waals surface area contributed by atoms with Gasteiger partial charge in [0.05, 0.1) is 182 Å². The molecule has 0 fully saturated rings. The van der Waals surface area contributed by atoms with Gasteiger partial charge in [0, 0.05) is 135 Å². The number of hydrogen-bond donors (Lipinski definition) is 25. The fourth-order valence-electron chi connectivity index (χ4n) is 10.6. The van der Waals surface area contributed by atoms with Crippen molar-refractivity contribution < 1.29 is 160 Å². The molecule has 0 aliphatic rings. The van der Waals surface area contributed by atoms with Gasteiger partial charge >= 0.3 is 18.0 Å². The third-order valence-corrected chi connectivity index (χ3v) is 18.6. The number of hydrogen-bond acceptors (Lipinski definition) is 36. The molecule has 0 heterocycles. The van der Waals surface area contributed by atoms with E-state index in [1.165, 1.54) is 20.3 Å². The van der Waals surface area contributed by atoms with Crippen molar-refractivity contribution in [2.75, 3.05) is 263 Å². The zero-order chi connectivity index (χ0) is 113. The summed E-state index contributed by atoms with van der Waals surface area (Å²) < 4.78 is 4.92. The highest BCUT2D eigenvalue weighted by atomic mass is 17.2. The van der Waals surface area contributed by atoms with E-state index in [0.29, 0.717) is 102 Å². The number of carbonyl (C=O) groups is 7. The molecule has 3 aromatic rings. The maximum absolute atomic E-state index is 11.5. The van der Waals surface area contributed by atoms with E-state index in [0.717, 1.165) is 57.7 Å². The zero-order valence-electron chi connectivity index (χ0n) is 86.9. The van der Waals surface area contributed by atoms with Gasteiger partial charge in [0.1, 0.15) is 13.2 Å². The Bertz CT molecular complexity index is 3840. The summed E-state index contributed by atoms with van der Waals surface area (Å²) in [6.45, 7) is 58.1. The van der Waals surface area contributed by atoms with E-state index in [4.69, 9.17) is 116 Å². The molecule has 0 spiro atoms. The molecule has 0 aromatic heterocycles. The van der Waals surface area contributed by atoms with Crippen molar-refractivity contribution in [3.63, 3.8) is 0 Å². The van der Waals surface area contributed by atoms with Crippen LogP contribution in [0.5, 0.6) is 0 Å². The Morgan fingerprint density at radius 3 is 1.01 bits per heavy atom. The summed E-state index contributed by atoms with van der Waals surface area (Å²) in [6.07, 6.45) is 11.8. The second-order valence-corrected chi connectivity index (χ2v) is 31.4. The van der Waals surface area contributed by atoms with E-state index in [1.807, 2.05) is 88.4 Å². The number of aliphatic hydroxyl groups excluding tert-OH is 20. The first-order valence-corrected chi connectivity index (χ1v) is 47.3. The van der Waals surface area contributed by atoms with E-state index in [1.54, 1.807) is 39.8 Å². The van der Waals surface area contributed by atoms with Crippen LogP contribution in [0.2, 0.25) is 0 Å². The van der Waals surface area contributed by atoms with Crippen molar-refractivity contribution >= 4 is 59.9 Å². The van der Waals surface area contributed by atoms with Crippen LogP contribution in [0, 0.1) is 0 Å². The standard InChI is InChI=1S/C21H25NO2.C13H19NO2.C11H22N2O5.C11H21NO4.C10H20N2O5.C9H17NO2.C8H15NO3.2C7H13NO3.C6H11NO3/c1-3-17-5-9-19(10-6-17)13-22(21(15-23)16-24)14-20-11-7-18(4-2)8-12-20;1-2-12-3-5-13(6-4-12)11-14(7-9-15)8-10-16;1-10(2)9-18-17-8-3-12-11(16)13(4-6-14)5-7-15;1-10(2)11(15)16-9-3-4-12(5-7-13)6-8-14;1-8(2)7-17-16-4-3-11-10(15)12-9(5-13)6-14;1-3-5-10(6-4-2)9(7-11)8-12;1-7(2)8(12)9(3-5-10)4-6-11;1-5(2)7(11)8-6(3-9)4-10;1-2-7(11)8(3-5-9)4-6-10;1-2-6(10)7-5(3-8)4-9/h3-12,21,23-24H,1-2,13-16H2;2-6,15-16H,1,7-11H2;14-15H,1,3-9H2,2H3,(H,12,16);13-14H,1,3-9H2,2H3;9,13-14H,1,3-7H2,2H3,(H2,11,12,15);3-4,9,11-12H,1-2,5-8H2;10-11H,1,3-6H2,2H3;6,9-10H,1,3-4H2,2H3,(H,8,11);2,9-10H,1,3-6H2;2,5,8-9H,1,3-4H2,(H,7,10). The average molecular weight is 2090 g/mol. The first-order valence-electron chi connectivity index (χ1n) is 47.3. The van der Waals surface area contributed by atoms with Gasteiger partial charge in [-0.1, -0.05) is 180 Å². The summed E-state index contributed by atoms with van der Waals surface area (Å²) in [5.74, 6) is -1.62. The largest absolute Gasteiger partial charge is 0.462 e. The van der Waals surface area contributed by atoms with E-state index < -0.39 is 30.1 Å². The number of carbonyl (C=O) groups excluding carboxylic acids is 7. The molecule has 0 unspecified atom stereocenters. The van der Waals surface area contributed by atoms with Crippen LogP contribution in [0.1, 0.15) is 74.4 Å². The molecule has 0 saturated heterocycles. The summed E-state index contributed by atoms with van der Waals surface area (Å²) in [5, 5.41) is 187. The predicted octanol–water partition coefficient (Wildman–Crippen LogP) is -1.05. The molecule has 0 bridgehead atoms. The number of amides is 8. The normalized spacial score (nSPS) is 10.3. The topological polar surface area (TPSA) is 653 Å². The molecular formula is C103H176N12O32. The molecular weight excluding hydrogens is 1920 g/mol. The summed E-state index contributed by atoms with van der Waals surface area (Å²) in [7, 11) is 0. The molecule has 8 amide bonds. The quantitative estimate of drug-likeness (QED) is 0.00800. The Morgan fingerprint density at radius 1 is 0.347 bits per heavy atom. The number of esters is 1. The number of rotatable bonds is 69. The molecule has 25 N–H and O–H groups in total. The molecule has 44 heteroatoms. The van der Waals surface area contributed by atoms with Crippen molar-refractivity contribution in [1.82, 2.24) is 60.9 Å². The molecule has 147 heavy (non-hydrogen) atoms. The van der Waals surface area contributed by atoms with Crippen LogP contribution < -0.4 is 26.6 Å². The molecule has 3 aromatic carbocycles. The lowest BCUT2D eigenvalue weighted by molar-refractivity contribution is -0.286. The summed E-state index contributed by atoms with van der Waals surface area (Å²) >= 11 is 0. The molecule has 840 valence electrons. The molecule has 0 aliphatic heterocycles. The van der Waals surface area contributed by atoms with Crippen LogP contribution >= 0.6 is 0 Å². The fourth-order valence-corrected chi connectivity index (χ4v) is 10.6. The van der Waals surface area contributed by atoms with Gasteiger partial charge in [-0.15, -0.1) is 13.2 Å². The minimum absolute atomic E-state index is 0.0435. The lowest BCUT2D eigenvalue weighted by Crippen LogP contribution is -2.46. The van der Waals surface area contributed by atoms with E-state index in [-0.39, 0.29) is 240 Å². The van der Waals surface area contributed by atoms with Crippen LogP contribution in [0.15, 0.2) is 204 Å². The lowest BCUT2D eigenvalue weighted by Gasteiger charge is -2.29. The third-order valence-electron chi connectivity index (χ3n) is 18.6. The van der Waals surface area contributed by atoms with Crippen LogP contribution in [0.25, 0.3) is 18.2 Å². The van der Waals surface area contributed by atoms with Crippen LogP contribution in [0.4, 0.5) is 9.59 Å². The van der Waals surface area contributed by atoms with E-state index in [2.05, 4.69) is 135 Å². The number of urea groups is 2. The summed E-state index contributed by atoms with van der Waals surface area (Å²) in [6, 6.07) is 21.2. The smallest absolute Gasteiger partial charge is 0.333 e. The fraction of sp³-hybridized carbons (Fsp3) is 0.524. The maximum atomic E-state index is 11.5. The van der Waals surface area contributed by atoms with Crippen molar-refractivity contribution in [3.05, 3.63) is 237 Å². The molecule has 3 rings (SSSR count). The second kappa shape index (κ2) is 105. The molecule has 44 nitrogen and oxygen atoms in total. The minimum Gasteiger partial charge on any atom is -0.462 e. The zero-order valence-corrected chi connectivity index (χ0v) is 86.9. The van der Waals surface area contributed by atoms with Gasteiger partial charge in [-0.3, -0.25) is 38.8 Å². The Labute approximate surface area is 868 Å². The molecule has 0 atom stereocenters. The summed E-state index contributed by atoms with van der Waals surface area (Å²) in [5.41, 5.74) is 9.53. The average Bonchev–Trinajstić information content (AvgIpc) is 0.858. The maximum Gasteiger partial charge on any atom is 0.333 e. The van der Waals surface area contributed by atoms with Crippen molar-refractivity contribution in [2.45, 2.75) is 90.9 Å². The van der Waals surface area contributed by atoms with Crippen LogP contribution in [-0.2, 0) is 67.9 Å². The minimum atomic E-state index is -0.657. The Kier molecular flexibility index (Phi) is 107. The second-order valence-electron chi connectivity index (χ2n) is 31.4. The first kappa shape index (κ1) is 149. The third kappa shape index (κ3) is 86.9. The highest BCUT2D eigenvalue weighted by Crippen LogP contribution is 2.17. The van der Waals surface area contributed by atoms with Crippen molar-refractivity contribution in [2.24, 2.45) is 0 Å². The van der Waals surface area contributed by atoms with Gasteiger partial charge < -0.3 is 148 Å². The Morgan fingerprint density at radius 2 is 0.687 bits per heavy atom. The van der Waals surface area contributed by atoms with Gasteiger partial charge in [-0.05, 0) is 86.6 Å². The van der Waals surface area contributed by atoms with Crippen molar-refractivity contribution in [3.8, 4) is 0 Å². The van der Waals surface area contributed by atoms with Gasteiger partial charge in [0.15, 0.2) is 0 Å². The van der Waals surface area contributed by atoms with Gasteiger partial charge in [-0.25, -0.2) is 33.9 Å². The first-order chi connectivity index (χ1) is 70.3. The molecule has 0 radical (unpaired) electrons. The number of ether oxygens (including phenoxy) is 1.